The third kappa shape index (κ3) is 2.46. The van der Waals surface area contributed by atoms with E-state index in [0.717, 1.165) is 25.7 Å². The van der Waals surface area contributed by atoms with Crippen LogP contribution in [0.5, 0.6) is 0 Å². The van der Waals surface area contributed by atoms with Crippen molar-refractivity contribution < 1.29 is 4.79 Å². The molecule has 3 rings (SSSR count). The van der Waals surface area contributed by atoms with Crippen LogP contribution in [-0.2, 0) is 4.79 Å². The summed E-state index contributed by atoms with van der Waals surface area (Å²) in [5.74, 6) is 1.52. The van der Waals surface area contributed by atoms with Gasteiger partial charge in [-0.2, -0.15) is 0 Å². The van der Waals surface area contributed by atoms with Crippen LogP contribution in [0.1, 0.15) is 50.5 Å². The molecule has 2 aliphatic rings. The van der Waals surface area contributed by atoms with Crippen LogP contribution >= 0.6 is 0 Å². The van der Waals surface area contributed by atoms with Crippen LogP contribution in [0, 0.1) is 11.8 Å². The SMILES string of the molecule is CC1CCCC(N)(C(=O)C2CC2c2ccccc2)C1. The van der Waals surface area contributed by atoms with Gasteiger partial charge in [0, 0.05) is 5.92 Å². The highest BCUT2D eigenvalue weighted by Crippen LogP contribution is 2.50. The molecule has 2 saturated carbocycles. The molecule has 0 aliphatic heterocycles. The summed E-state index contributed by atoms with van der Waals surface area (Å²) in [6, 6.07) is 10.4. The molecule has 2 N–H and O–H groups in total. The Balaban J connectivity index is 1.69. The second kappa shape index (κ2) is 4.75. The first kappa shape index (κ1) is 12.9. The lowest BCUT2D eigenvalue weighted by atomic mass is 9.73. The molecule has 4 atom stereocenters. The summed E-state index contributed by atoms with van der Waals surface area (Å²) in [6.45, 7) is 2.22. The molecule has 2 nitrogen and oxygen atoms in total. The zero-order valence-electron chi connectivity index (χ0n) is 11.6. The predicted octanol–water partition coefficient (Wildman–Crippen LogP) is 3.27. The second-order valence-corrected chi connectivity index (χ2v) is 6.58. The molecule has 0 spiro atoms. The zero-order valence-corrected chi connectivity index (χ0v) is 11.6. The number of rotatable bonds is 3. The van der Waals surface area contributed by atoms with E-state index in [4.69, 9.17) is 5.73 Å². The normalized spacial score (nSPS) is 37.9. The van der Waals surface area contributed by atoms with Gasteiger partial charge in [0.25, 0.3) is 0 Å². The maximum absolute atomic E-state index is 12.7. The minimum atomic E-state index is -0.536. The first-order valence-corrected chi connectivity index (χ1v) is 7.48. The van der Waals surface area contributed by atoms with Crippen molar-refractivity contribution in [2.75, 3.05) is 0 Å². The van der Waals surface area contributed by atoms with Gasteiger partial charge in [0.1, 0.15) is 0 Å². The van der Waals surface area contributed by atoms with Gasteiger partial charge in [-0.25, -0.2) is 0 Å². The fourth-order valence-corrected chi connectivity index (χ4v) is 3.74. The van der Waals surface area contributed by atoms with Crippen molar-refractivity contribution in [2.24, 2.45) is 17.6 Å². The van der Waals surface area contributed by atoms with Gasteiger partial charge in [-0.3, -0.25) is 4.79 Å². The van der Waals surface area contributed by atoms with E-state index >= 15 is 0 Å². The topological polar surface area (TPSA) is 43.1 Å². The Hall–Kier alpha value is -1.15. The van der Waals surface area contributed by atoms with E-state index in [-0.39, 0.29) is 5.92 Å². The molecule has 0 radical (unpaired) electrons. The van der Waals surface area contributed by atoms with E-state index in [9.17, 15) is 4.79 Å². The van der Waals surface area contributed by atoms with Gasteiger partial charge in [-0.1, -0.05) is 50.1 Å². The van der Waals surface area contributed by atoms with E-state index in [1.807, 2.05) is 6.07 Å². The van der Waals surface area contributed by atoms with Crippen molar-refractivity contribution in [3.8, 4) is 0 Å². The molecule has 2 heteroatoms. The van der Waals surface area contributed by atoms with Crippen LogP contribution in [0.15, 0.2) is 30.3 Å². The number of nitrogens with two attached hydrogens (primary N) is 1. The van der Waals surface area contributed by atoms with Gasteiger partial charge in [-0.05, 0) is 36.7 Å². The summed E-state index contributed by atoms with van der Waals surface area (Å²) in [6.07, 6.45) is 5.08. The molecule has 2 aliphatic carbocycles. The van der Waals surface area contributed by atoms with Crippen molar-refractivity contribution in [3.05, 3.63) is 35.9 Å². The molecular weight excluding hydrogens is 234 g/mol. The average molecular weight is 257 g/mol. The number of hydrogen-bond acceptors (Lipinski definition) is 2. The molecule has 0 bridgehead atoms. The van der Waals surface area contributed by atoms with Gasteiger partial charge >= 0.3 is 0 Å². The van der Waals surface area contributed by atoms with Crippen LogP contribution in [-0.4, -0.2) is 11.3 Å². The third-order valence-electron chi connectivity index (χ3n) is 4.88. The summed E-state index contributed by atoms with van der Waals surface area (Å²) >= 11 is 0. The lowest BCUT2D eigenvalue weighted by Crippen LogP contribution is -2.51. The van der Waals surface area contributed by atoms with E-state index in [0.29, 0.717) is 17.6 Å². The average Bonchev–Trinajstić information content (AvgIpc) is 3.19. The molecule has 0 heterocycles. The zero-order chi connectivity index (χ0) is 13.5. The Labute approximate surface area is 115 Å². The Morgan fingerprint density at radius 1 is 1.32 bits per heavy atom. The van der Waals surface area contributed by atoms with E-state index in [2.05, 4.69) is 31.2 Å². The molecule has 2 fully saturated rings. The molecule has 1 aromatic carbocycles. The molecule has 0 saturated heterocycles. The van der Waals surface area contributed by atoms with Crippen LogP contribution in [0.3, 0.4) is 0 Å². The van der Waals surface area contributed by atoms with Gasteiger partial charge in [-0.15, -0.1) is 0 Å². The fourth-order valence-electron chi connectivity index (χ4n) is 3.74. The lowest BCUT2D eigenvalue weighted by Gasteiger charge is -2.35. The summed E-state index contributed by atoms with van der Waals surface area (Å²) in [7, 11) is 0. The molecule has 0 aromatic heterocycles. The van der Waals surface area contributed by atoms with Gasteiger partial charge in [0.05, 0.1) is 5.54 Å². The van der Waals surface area contributed by atoms with Gasteiger partial charge in [0.15, 0.2) is 5.78 Å². The third-order valence-corrected chi connectivity index (χ3v) is 4.88. The largest absolute Gasteiger partial charge is 0.319 e. The summed E-state index contributed by atoms with van der Waals surface area (Å²) < 4.78 is 0. The maximum atomic E-state index is 12.7. The van der Waals surface area contributed by atoms with Crippen molar-refractivity contribution in [1.29, 1.82) is 0 Å². The van der Waals surface area contributed by atoms with E-state index in [1.165, 1.54) is 12.0 Å². The smallest absolute Gasteiger partial charge is 0.156 e. The highest BCUT2D eigenvalue weighted by atomic mass is 16.1. The Kier molecular flexibility index (Phi) is 3.22. The monoisotopic (exact) mass is 257 g/mol. The number of benzene rings is 1. The summed E-state index contributed by atoms with van der Waals surface area (Å²) in [5, 5.41) is 0. The molecule has 19 heavy (non-hydrogen) atoms. The van der Waals surface area contributed by atoms with Crippen molar-refractivity contribution in [2.45, 2.75) is 50.5 Å². The number of ketones is 1. The number of Topliss-reactive ketones (excluding diaryl/α,β-unsaturated/α-hetero) is 1. The second-order valence-electron chi connectivity index (χ2n) is 6.58. The van der Waals surface area contributed by atoms with Crippen LogP contribution in [0.2, 0.25) is 0 Å². The number of carbonyl (C=O) groups is 1. The highest BCUT2D eigenvalue weighted by Gasteiger charge is 2.51. The van der Waals surface area contributed by atoms with Crippen LogP contribution < -0.4 is 5.73 Å². The van der Waals surface area contributed by atoms with Crippen LogP contribution in [0.4, 0.5) is 0 Å². The lowest BCUT2D eigenvalue weighted by molar-refractivity contribution is -0.127. The molecular formula is C17H23NO. The van der Waals surface area contributed by atoms with Gasteiger partial charge in [0.2, 0.25) is 0 Å². The Morgan fingerprint density at radius 2 is 2.05 bits per heavy atom. The number of carbonyl (C=O) groups excluding carboxylic acids is 1. The van der Waals surface area contributed by atoms with Crippen molar-refractivity contribution >= 4 is 5.78 Å². The first-order chi connectivity index (χ1) is 9.10. The standard InChI is InChI=1S/C17H23NO/c1-12-6-5-9-17(18,11-12)16(19)15-10-14(15)13-7-3-2-4-8-13/h2-4,7-8,12,14-15H,5-6,9-11,18H2,1H3. The minimum Gasteiger partial charge on any atom is -0.319 e. The van der Waals surface area contributed by atoms with Crippen molar-refractivity contribution in [3.63, 3.8) is 0 Å². The predicted molar refractivity (Wildman–Crippen MR) is 76.8 cm³/mol. The number of hydrogen-bond donors (Lipinski definition) is 1. The minimum absolute atomic E-state index is 0.178. The molecule has 102 valence electrons. The molecule has 0 amide bonds. The van der Waals surface area contributed by atoms with Gasteiger partial charge < -0.3 is 5.73 Å². The highest BCUT2D eigenvalue weighted by molar-refractivity contribution is 5.93. The van der Waals surface area contributed by atoms with Crippen molar-refractivity contribution in [1.82, 2.24) is 0 Å². The van der Waals surface area contributed by atoms with E-state index < -0.39 is 5.54 Å². The first-order valence-electron chi connectivity index (χ1n) is 7.48. The Morgan fingerprint density at radius 3 is 2.74 bits per heavy atom. The summed E-state index contributed by atoms with van der Waals surface area (Å²) in [4.78, 5) is 12.7. The fraction of sp³-hybridized carbons (Fsp3) is 0.588. The van der Waals surface area contributed by atoms with E-state index in [1.54, 1.807) is 0 Å². The maximum Gasteiger partial charge on any atom is 0.156 e. The molecule has 4 unspecified atom stereocenters. The quantitative estimate of drug-likeness (QED) is 0.903. The molecule has 1 aromatic rings. The summed E-state index contributed by atoms with van der Waals surface area (Å²) in [5.41, 5.74) is 7.19. The van der Waals surface area contributed by atoms with Crippen LogP contribution in [0.25, 0.3) is 0 Å². The Bertz CT molecular complexity index is 469.